The van der Waals surface area contributed by atoms with Gasteiger partial charge in [-0.25, -0.2) is 8.78 Å². The number of hydrogen-bond donors (Lipinski definition) is 1. The standard InChI is InChI=1S/C12H12F2N2O2/c1-2-10-12(18)15-6-11(17)16(10)9-4-7(13)3-8(14)5-9/h3-5,10H,2,6H2,1H3,(H,15,18). The number of rotatable bonds is 2. The van der Waals surface area contributed by atoms with Crippen LogP contribution in [-0.4, -0.2) is 24.4 Å². The monoisotopic (exact) mass is 254 g/mol. The normalized spacial score (nSPS) is 19.9. The molecule has 18 heavy (non-hydrogen) atoms. The molecule has 1 aliphatic heterocycles. The number of hydrogen-bond acceptors (Lipinski definition) is 2. The van der Waals surface area contributed by atoms with Crippen molar-refractivity contribution in [2.24, 2.45) is 0 Å². The van der Waals surface area contributed by atoms with Crippen LogP contribution < -0.4 is 10.2 Å². The van der Waals surface area contributed by atoms with E-state index in [4.69, 9.17) is 0 Å². The molecule has 2 amide bonds. The van der Waals surface area contributed by atoms with E-state index in [1.807, 2.05) is 0 Å². The number of nitrogens with one attached hydrogen (secondary N) is 1. The molecule has 0 spiro atoms. The van der Waals surface area contributed by atoms with Gasteiger partial charge in [0.25, 0.3) is 0 Å². The largest absolute Gasteiger partial charge is 0.345 e. The van der Waals surface area contributed by atoms with E-state index in [1.165, 1.54) is 0 Å². The van der Waals surface area contributed by atoms with Gasteiger partial charge >= 0.3 is 0 Å². The van der Waals surface area contributed by atoms with Gasteiger partial charge in [0.2, 0.25) is 11.8 Å². The molecule has 1 saturated heterocycles. The summed E-state index contributed by atoms with van der Waals surface area (Å²) in [5.74, 6) is -2.26. The molecule has 1 aliphatic rings. The minimum atomic E-state index is -0.779. The SMILES string of the molecule is CCC1C(=O)NCC(=O)N1c1cc(F)cc(F)c1. The van der Waals surface area contributed by atoms with E-state index in [9.17, 15) is 18.4 Å². The number of piperazine rings is 1. The van der Waals surface area contributed by atoms with E-state index in [0.29, 0.717) is 6.42 Å². The molecule has 1 heterocycles. The molecule has 0 radical (unpaired) electrons. The Hall–Kier alpha value is -1.98. The molecule has 96 valence electrons. The second-order valence-corrected chi connectivity index (χ2v) is 4.03. The van der Waals surface area contributed by atoms with Crippen LogP contribution in [0.4, 0.5) is 14.5 Å². The summed E-state index contributed by atoms with van der Waals surface area (Å²) in [5, 5.41) is 2.44. The topological polar surface area (TPSA) is 49.4 Å². The second kappa shape index (κ2) is 4.72. The number of carbonyl (C=O) groups is 2. The van der Waals surface area contributed by atoms with Crippen LogP contribution in [0.1, 0.15) is 13.3 Å². The molecule has 0 aliphatic carbocycles. The van der Waals surface area contributed by atoms with Crippen molar-refractivity contribution in [1.82, 2.24) is 5.32 Å². The van der Waals surface area contributed by atoms with Crippen LogP contribution in [0.2, 0.25) is 0 Å². The predicted octanol–water partition coefficient (Wildman–Crippen LogP) is 1.21. The van der Waals surface area contributed by atoms with Gasteiger partial charge in [0, 0.05) is 6.07 Å². The van der Waals surface area contributed by atoms with E-state index in [0.717, 1.165) is 23.1 Å². The molecule has 1 unspecified atom stereocenters. The van der Waals surface area contributed by atoms with Crippen molar-refractivity contribution in [2.75, 3.05) is 11.4 Å². The zero-order valence-electron chi connectivity index (χ0n) is 9.74. The predicted molar refractivity (Wildman–Crippen MR) is 60.9 cm³/mol. The third-order valence-electron chi connectivity index (χ3n) is 2.81. The molecule has 1 fully saturated rings. The van der Waals surface area contributed by atoms with Gasteiger partial charge in [0.1, 0.15) is 17.7 Å². The van der Waals surface area contributed by atoms with Crippen molar-refractivity contribution >= 4 is 17.5 Å². The van der Waals surface area contributed by atoms with Gasteiger partial charge in [0.05, 0.1) is 12.2 Å². The maximum absolute atomic E-state index is 13.2. The first-order valence-electron chi connectivity index (χ1n) is 5.58. The van der Waals surface area contributed by atoms with Crippen LogP contribution in [-0.2, 0) is 9.59 Å². The molecule has 0 saturated carbocycles. The zero-order valence-corrected chi connectivity index (χ0v) is 9.74. The molecule has 2 rings (SSSR count). The molecule has 4 nitrogen and oxygen atoms in total. The van der Waals surface area contributed by atoms with Gasteiger partial charge in [-0.1, -0.05) is 6.92 Å². The third kappa shape index (κ3) is 2.18. The van der Waals surface area contributed by atoms with E-state index in [-0.39, 0.29) is 24.0 Å². The Morgan fingerprint density at radius 2 is 1.89 bits per heavy atom. The van der Waals surface area contributed by atoms with Crippen molar-refractivity contribution in [3.8, 4) is 0 Å². The maximum Gasteiger partial charge on any atom is 0.247 e. The van der Waals surface area contributed by atoms with Crippen LogP contribution in [0, 0.1) is 11.6 Å². The van der Waals surface area contributed by atoms with Gasteiger partial charge in [-0.3, -0.25) is 14.5 Å². The highest BCUT2D eigenvalue weighted by molar-refractivity contribution is 6.06. The quantitative estimate of drug-likeness (QED) is 0.862. The zero-order chi connectivity index (χ0) is 13.3. The van der Waals surface area contributed by atoms with Crippen LogP contribution >= 0.6 is 0 Å². The lowest BCUT2D eigenvalue weighted by Gasteiger charge is -2.34. The number of benzene rings is 1. The van der Waals surface area contributed by atoms with Crippen LogP contribution in [0.15, 0.2) is 18.2 Å². The number of carbonyl (C=O) groups excluding carboxylic acids is 2. The molecular weight excluding hydrogens is 242 g/mol. The molecular formula is C12H12F2N2O2. The van der Waals surface area contributed by atoms with E-state index < -0.39 is 17.7 Å². The van der Waals surface area contributed by atoms with Crippen molar-refractivity contribution in [3.05, 3.63) is 29.8 Å². The Labute approximate surface area is 103 Å². The molecule has 0 bridgehead atoms. The summed E-state index contributed by atoms with van der Waals surface area (Å²) in [6.07, 6.45) is 0.371. The highest BCUT2D eigenvalue weighted by atomic mass is 19.1. The smallest absolute Gasteiger partial charge is 0.247 e. The average molecular weight is 254 g/mol. The fourth-order valence-electron chi connectivity index (χ4n) is 2.03. The van der Waals surface area contributed by atoms with E-state index >= 15 is 0 Å². The van der Waals surface area contributed by atoms with Crippen molar-refractivity contribution in [2.45, 2.75) is 19.4 Å². The first-order chi connectivity index (χ1) is 8.52. The first kappa shape index (κ1) is 12.5. The van der Waals surface area contributed by atoms with Gasteiger partial charge in [0.15, 0.2) is 0 Å². The number of nitrogens with zero attached hydrogens (tertiary/aromatic N) is 1. The fraction of sp³-hybridized carbons (Fsp3) is 0.333. The van der Waals surface area contributed by atoms with Gasteiger partial charge in [-0.2, -0.15) is 0 Å². The van der Waals surface area contributed by atoms with Gasteiger partial charge in [-0.05, 0) is 18.6 Å². The summed E-state index contributed by atoms with van der Waals surface area (Å²) in [7, 11) is 0. The summed E-state index contributed by atoms with van der Waals surface area (Å²) in [6, 6.07) is 2.08. The lowest BCUT2D eigenvalue weighted by molar-refractivity contribution is -0.131. The molecule has 1 aromatic rings. The average Bonchev–Trinajstić information content (AvgIpc) is 2.30. The Balaban J connectivity index is 2.44. The van der Waals surface area contributed by atoms with Crippen molar-refractivity contribution in [3.63, 3.8) is 0 Å². The Morgan fingerprint density at radius 1 is 1.28 bits per heavy atom. The Morgan fingerprint density at radius 3 is 2.44 bits per heavy atom. The van der Waals surface area contributed by atoms with Crippen LogP contribution in [0.25, 0.3) is 0 Å². The second-order valence-electron chi connectivity index (χ2n) is 4.03. The summed E-state index contributed by atoms with van der Waals surface area (Å²) < 4.78 is 26.3. The number of anilines is 1. The van der Waals surface area contributed by atoms with Crippen LogP contribution in [0.5, 0.6) is 0 Å². The summed E-state index contributed by atoms with van der Waals surface area (Å²) in [5.41, 5.74) is 0.0687. The van der Waals surface area contributed by atoms with Gasteiger partial charge in [-0.15, -0.1) is 0 Å². The maximum atomic E-state index is 13.2. The summed E-state index contributed by atoms with van der Waals surface area (Å²) in [6.45, 7) is 1.57. The van der Waals surface area contributed by atoms with Crippen molar-refractivity contribution in [1.29, 1.82) is 0 Å². The van der Waals surface area contributed by atoms with Gasteiger partial charge < -0.3 is 5.32 Å². The number of amides is 2. The fourth-order valence-corrected chi connectivity index (χ4v) is 2.03. The molecule has 1 aromatic carbocycles. The molecule has 6 heteroatoms. The third-order valence-corrected chi connectivity index (χ3v) is 2.81. The first-order valence-corrected chi connectivity index (χ1v) is 5.58. The molecule has 1 atom stereocenters. The highest BCUT2D eigenvalue weighted by Crippen LogP contribution is 2.23. The van der Waals surface area contributed by atoms with E-state index in [1.54, 1.807) is 6.92 Å². The molecule has 1 N–H and O–H groups in total. The van der Waals surface area contributed by atoms with Crippen LogP contribution in [0.3, 0.4) is 0 Å². The summed E-state index contributed by atoms with van der Waals surface area (Å²) in [4.78, 5) is 24.6. The van der Waals surface area contributed by atoms with Crippen molar-refractivity contribution < 1.29 is 18.4 Å². The minimum Gasteiger partial charge on any atom is -0.345 e. The van der Waals surface area contributed by atoms with E-state index in [2.05, 4.69) is 5.32 Å². The molecule has 0 aromatic heterocycles. The highest BCUT2D eigenvalue weighted by Gasteiger charge is 2.34. The Bertz CT molecular complexity index is 485. The number of halogens is 2. The lowest BCUT2D eigenvalue weighted by atomic mass is 10.1. The summed E-state index contributed by atoms with van der Waals surface area (Å²) >= 11 is 0. The minimum absolute atomic E-state index is 0.0687. The Kier molecular flexibility index (Phi) is 3.27. The lowest BCUT2D eigenvalue weighted by Crippen LogP contribution is -2.58.